The standard InChI is InChI=1S/C20H17Cl2N3O3/c1-12-19(13(2)25(24-12)14-7-4-3-5-8-14)23-17(26)11-28-20(27)15-9-6-10-16(21)18(15)22/h3-10H,11H2,1-2H3,(H,23,26). The van der Waals surface area contributed by atoms with Crippen molar-refractivity contribution < 1.29 is 14.3 Å². The van der Waals surface area contributed by atoms with Crippen molar-refractivity contribution in [2.24, 2.45) is 0 Å². The quantitative estimate of drug-likeness (QED) is 0.615. The van der Waals surface area contributed by atoms with Crippen molar-refractivity contribution in [1.82, 2.24) is 9.78 Å². The van der Waals surface area contributed by atoms with Gasteiger partial charge in [0, 0.05) is 0 Å². The Balaban J connectivity index is 1.68. The third-order valence-electron chi connectivity index (χ3n) is 4.06. The SMILES string of the molecule is Cc1nn(-c2ccccc2)c(C)c1NC(=O)COC(=O)c1cccc(Cl)c1Cl. The lowest BCUT2D eigenvalue weighted by Gasteiger charge is -2.09. The van der Waals surface area contributed by atoms with Crippen molar-refractivity contribution in [1.29, 1.82) is 0 Å². The van der Waals surface area contributed by atoms with Gasteiger partial charge in [-0.3, -0.25) is 4.79 Å². The van der Waals surface area contributed by atoms with Gasteiger partial charge in [-0.15, -0.1) is 0 Å². The summed E-state index contributed by atoms with van der Waals surface area (Å²) in [5.74, 6) is -1.21. The Morgan fingerprint density at radius 2 is 1.79 bits per heavy atom. The lowest BCUT2D eigenvalue weighted by Crippen LogP contribution is -2.21. The monoisotopic (exact) mass is 417 g/mol. The van der Waals surface area contributed by atoms with Gasteiger partial charge in [-0.2, -0.15) is 5.10 Å². The average Bonchev–Trinajstić information content (AvgIpc) is 2.97. The predicted molar refractivity (Wildman–Crippen MR) is 108 cm³/mol. The Morgan fingerprint density at radius 3 is 2.50 bits per heavy atom. The number of para-hydroxylation sites is 1. The molecule has 0 bridgehead atoms. The second-order valence-electron chi connectivity index (χ2n) is 6.02. The molecule has 1 heterocycles. The number of carbonyl (C=O) groups excluding carboxylic acids is 2. The number of halogens is 2. The normalized spacial score (nSPS) is 10.6. The Bertz CT molecular complexity index is 1030. The number of ether oxygens (including phenoxy) is 1. The second kappa shape index (κ2) is 8.46. The summed E-state index contributed by atoms with van der Waals surface area (Å²) < 4.78 is 6.79. The van der Waals surface area contributed by atoms with E-state index in [0.29, 0.717) is 11.4 Å². The lowest BCUT2D eigenvalue weighted by molar-refractivity contribution is -0.119. The van der Waals surface area contributed by atoms with Gasteiger partial charge < -0.3 is 10.1 Å². The third kappa shape index (κ3) is 4.18. The van der Waals surface area contributed by atoms with Crippen LogP contribution in [0.2, 0.25) is 10.0 Å². The number of nitrogens with zero attached hydrogens (tertiary/aromatic N) is 2. The summed E-state index contributed by atoms with van der Waals surface area (Å²) in [5, 5.41) is 7.53. The van der Waals surface area contributed by atoms with Crippen LogP contribution in [0.25, 0.3) is 5.69 Å². The molecule has 3 rings (SSSR count). The van der Waals surface area contributed by atoms with Gasteiger partial charge in [0.05, 0.1) is 38.4 Å². The Hall–Kier alpha value is -2.83. The number of aromatic nitrogens is 2. The van der Waals surface area contributed by atoms with Crippen LogP contribution in [0.15, 0.2) is 48.5 Å². The van der Waals surface area contributed by atoms with Crippen molar-refractivity contribution in [3.8, 4) is 5.69 Å². The first kappa shape index (κ1) is 19.9. The number of aryl methyl sites for hydroxylation is 1. The second-order valence-corrected chi connectivity index (χ2v) is 6.80. The lowest BCUT2D eigenvalue weighted by atomic mass is 10.2. The van der Waals surface area contributed by atoms with Crippen LogP contribution in [0.5, 0.6) is 0 Å². The van der Waals surface area contributed by atoms with Crippen LogP contribution in [0, 0.1) is 13.8 Å². The minimum Gasteiger partial charge on any atom is -0.452 e. The largest absolute Gasteiger partial charge is 0.452 e. The molecular formula is C20H17Cl2N3O3. The Kier molecular flexibility index (Phi) is 6.02. The zero-order valence-corrected chi connectivity index (χ0v) is 16.7. The van der Waals surface area contributed by atoms with Crippen molar-refractivity contribution in [2.45, 2.75) is 13.8 Å². The van der Waals surface area contributed by atoms with E-state index < -0.39 is 18.5 Å². The zero-order chi connectivity index (χ0) is 20.3. The predicted octanol–water partition coefficient (Wildman–Crippen LogP) is 4.59. The molecule has 0 aliphatic rings. The van der Waals surface area contributed by atoms with E-state index in [9.17, 15) is 9.59 Å². The summed E-state index contributed by atoms with van der Waals surface area (Å²) >= 11 is 11.9. The van der Waals surface area contributed by atoms with Gasteiger partial charge in [0.2, 0.25) is 0 Å². The third-order valence-corrected chi connectivity index (χ3v) is 4.88. The van der Waals surface area contributed by atoms with Gasteiger partial charge >= 0.3 is 5.97 Å². The van der Waals surface area contributed by atoms with Gasteiger partial charge in [0.1, 0.15) is 0 Å². The summed E-state index contributed by atoms with van der Waals surface area (Å²) in [4.78, 5) is 24.4. The maximum absolute atomic E-state index is 12.3. The number of hydrogen-bond acceptors (Lipinski definition) is 4. The molecule has 28 heavy (non-hydrogen) atoms. The fourth-order valence-corrected chi connectivity index (χ4v) is 3.07. The molecular weight excluding hydrogens is 401 g/mol. The van der Waals surface area contributed by atoms with E-state index in [0.717, 1.165) is 11.4 Å². The average molecular weight is 418 g/mol. The molecule has 6 nitrogen and oxygen atoms in total. The number of anilines is 1. The number of rotatable bonds is 5. The molecule has 0 spiro atoms. The van der Waals surface area contributed by atoms with E-state index in [1.54, 1.807) is 23.7 Å². The topological polar surface area (TPSA) is 73.2 Å². The molecule has 1 aromatic heterocycles. The molecule has 0 aliphatic heterocycles. The van der Waals surface area contributed by atoms with Gasteiger partial charge in [-0.25, -0.2) is 9.48 Å². The molecule has 3 aromatic rings. The van der Waals surface area contributed by atoms with Crippen LogP contribution >= 0.6 is 23.2 Å². The number of benzene rings is 2. The molecule has 8 heteroatoms. The van der Waals surface area contributed by atoms with Crippen LogP contribution in [0.1, 0.15) is 21.7 Å². The summed E-state index contributed by atoms with van der Waals surface area (Å²) in [6.07, 6.45) is 0. The minimum absolute atomic E-state index is 0.0883. The number of hydrogen-bond donors (Lipinski definition) is 1. The summed E-state index contributed by atoms with van der Waals surface area (Å²) in [7, 11) is 0. The van der Waals surface area contributed by atoms with Crippen LogP contribution < -0.4 is 5.32 Å². The van der Waals surface area contributed by atoms with E-state index in [-0.39, 0.29) is 15.6 Å². The van der Waals surface area contributed by atoms with E-state index in [4.69, 9.17) is 27.9 Å². The molecule has 1 amide bonds. The van der Waals surface area contributed by atoms with Crippen LogP contribution in [-0.2, 0) is 9.53 Å². The molecule has 0 aliphatic carbocycles. The molecule has 1 N–H and O–H groups in total. The van der Waals surface area contributed by atoms with Gasteiger partial charge in [0.15, 0.2) is 6.61 Å². The zero-order valence-electron chi connectivity index (χ0n) is 15.2. The first-order valence-corrected chi connectivity index (χ1v) is 9.16. The fourth-order valence-electron chi connectivity index (χ4n) is 2.69. The molecule has 0 fully saturated rings. The van der Waals surface area contributed by atoms with E-state index in [2.05, 4.69) is 10.4 Å². The van der Waals surface area contributed by atoms with Crippen LogP contribution in [0.3, 0.4) is 0 Å². The van der Waals surface area contributed by atoms with Crippen LogP contribution in [0.4, 0.5) is 5.69 Å². The van der Waals surface area contributed by atoms with Crippen molar-refractivity contribution in [3.63, 3.8) is 0 Å². The van der Waals surface area contributed by atoms with E-state index in [1.807, 2.05) is 37.3 Å². The first-order chi connectivity index (χ1) is 13.4. The highest BCUT2D eigenvalue weighted by Crippen LogP contribution is 2.26. The highest BCUT2D eigenvalue weighted by molar-refractivity contribution is 6.43. The van der Waals surface area contributed by atoms with Gasteiger partial charge in [-0.1, -0.05) is 47.5 Å². The maximum Gasteiger partial charge on any atom is 0.340 e. The number of nitrogens with one attached hydrogen (secondary N) is 1. The molecule has 2 aromatic carbocycles. The summed E-state index contributed by atoms with van der Waals surface area (Å²) in [6, 6.07) is 14.2. The minimum atomic E-state index is -0.726. The Labute approximate surface area is 172 Å². The smallest absolute Gasteiger partial charge is 0.340 e. The molecule has 0 saturated heterocycles. The molecule has 0 unspecified atom stereocenters. The van der Waals surface area contributed by atoms with E-state index >= 15 is 0 Å². The van der Waals surface area contributed by atoms with Crippen molar-refractivity contribution >= 4 is 40.8 Å². The van der Waals surface area contributed by atoms with E-state index in [1.165, 1.54) is 6.07 Å². The van der Waals surface area contributed by atoms with Crippen molar-refractivity contribution in [2.75, 3.05) is 11.9 Å². The number of esters is 1. The molecule has 0 atom stereocenters. The molecule has 0 radical (unpaired) electrons. The van der Waals surface area contributed by atoms with Crippen LogP contribution in [-0.4, -0.2) is 28.3 Å². The van der Waals surface area contributed by atoms with Gasteiger partial charge in [-0.05, 0) is 38.1 Å². The maximum atomic E-state index is 12.3. The molecule has 144 valence electrons. The fraction of sp³-hybridized carbons (Fsp3) is 0.150. The summed E-state index contributed by atoms with van der Waals surface area (Å²) in [5.41, 5.74) is 2.97. The number of amides is 1. The molecule has 0 saturated carbocycles. The number of carbonyl (C=O) groups is 2. The van der Waals surface area contributed by atoms with Crippen molar-refractivity contribution in [3.05, 3.63) is 75.5 Å². The highest BCUT2D eigenvalue weighted by Gasteiger charge is 2.18. The first-order valence-electron chi connectivity index (χ1n) is 8.41. The Morgan fingerprint density at radius 1 is 1.07 bits per heavy atom. The highest BCUT2D eigenvalue weighted by atomic mass is 35.5. The summed E-state index contributed by atoms with van der Waals surface area (Å²) in [6.45, 7) is 3.18. The van der Waals surface area contributed by atoms with Gasteiger partial charge in [0.25, 0.3) is 5.91 Å².